The van der Waals surface area contributed by atoms with Crippen LogP contribution in [0.1, 0.15) is 30.9 Å². The lowest BCUT2D eigenvalue weighted by Crippen LogP contribution is -2.43. The highest BCUT2D eigenvalue weighted by molar-refractivity contribution is 6.12. The maximum atomic E-state index is 4.15. The van der Waals surface area contributed by atoms with E-state index in [1.54, 1.807) is 0 Å². The summed E-state index contributed by atoms with van der Waals surface area (Å²) in [6.45, 7) is 6.46. The Kier molecular flexibility index (Phi) is 7.88. The second-order valence-electron chi connectivity index (χ2n) is 14.9. The highest BCUT2D eigenvalue weighted by Crippen LogP contribution is 2.47. The molecule has 0 radical (unpaired) electrons. The molecule has 2 atom stereocenters. The van der Waals surface area contributed by atoms with Crippen molar-refractivity contribution in [1.82, 2.24) is 0 Å². The Balaban J connectivity index is 1.21. The first-order valence-electron chi connectivity index (χ1n) is 19.2. The molecule has 0 saturated heterocycles. The van der Waals surface area contributed by atoms with Crippen LogP contribution in [0.5, 0.6) is 0 Å². The van der Waals surface area contributed by atoms with Gasteiger partial charge in [-0.2, -0.15) is 0 Å². The summed E-state index contributed by atoms with van der Waals surface area (Å²) in [7, 11) is 0. The SMILES string of the molecule is C=Cc1cccc2ccc3ccc(C4=CC(C5=c6ccccc6=C(N(c6ccccc6)c6cccc7ccccc67)C6CC=CC=C56)CC(C)=C4)cc3c12. The minimum absolute atomic E-state index is 0.200. The van der Waals surface area contributed by atoms with Gasteiger partial charge in [-0.3, -0.25) is 0 Å². The number of rotatable bonds is 6. The molecule has 0 N–H and O–H groups in total. The molecule has 7 aromatic rings. The van der Waals surface area contributed by atoms with Gasteiger partial charge in [0.1, 0.15) is 0 Å². The first-order chi connectivity index (χ1) is 26.7. The fourth-order valence-electron chi connectivity index (χ4n) is 9.37. The zero-order valence-electron chi connectivity index (χ0n) is 30.5. The monoisotopic (exact) mass is 691 g/mol. The fraction of sp³-hybridized carbons (Fsp3) is 0.0943. The van der Waals surface area contributed by atoms with Crippen LogP contribution in [0.2, 0.25) is 0 Å². The molecule has 2 unspecified atom stereocenters. The predicted octanol–water partition coefficient (Wildman–Crippen LogP) is 12.5. The first kappa shape index (κ1) is 32.2. The van der Waals surface area contributed by atoms with Gasteiger partial charge in [0.15, 0.2) is 0 Å². The molecule has 3 aliphatic rings. The van der Waals surface area contributed by atoms with Crippen molar-refractivity contribution in [3.05, 3.63) is 215 Å². The molecule has 0 saturated carbocycles. The third-order valence-corrected chi connectivity index (χ3v) is 11.7. The first-order valence-corrected chi connectivity index (χ1v) is 19.2. The number of benzene rings is 7. The van der Waals surface area contributed by atoms with Crippen LogP contribution < -0.4 is 15.3 Å². The van der Waals surface area contributed by atoms with Crippen molar-refractivity contribution >= 4 is 66.6 Å². The lowest BCUT2D eigenvalue weighted by molar-refractivity contribution is 0.728. The third kappa shape index (κ3) is 5.31. The number of hydrogen-bond donors (Lipinski definition) is 0. The molecule has 0 fully saturated rings. The van der Waals surface area contributed by atoms with Crippen molar-refractivity contribution in [3.63, 3.8) is 0 Å². The van der Waals surface area contributed by atoms with Gasteiger partial charge >= 0.3 is 0 Å². The Hall–Kier alpha value is -6.44. The van der Waals surface area contributed by atoms with Crippen LogP contribution in [0.25, 0.3) is 55.2 Å². The van der Waals surface area contributed by atoms with Gasteiger partial charge in [-0.25, -0.2) is 0 Å². The maximum Gasteiger partial charge on any atom is 0.0537 e. The topological polar surface area (TPSA) is 3.24 Å². The van der Waals surface area contributed by atoms with Crippen LogP contribution >= 0.6 is 0 Å². The van der Waals surface area contributed by atoms with Crippen LogP contribution in [0, 0.1) is 11.8 Å². The smallest absolute Gasteiger partial charge is 0.0537 e. The Labute approximate surface area is 317 Å². The maximum absolute atomic E-state index is 4.15. The quantitative estimate of drug-likeness (QED) is 0.157. The molecular weight excluding hydrogens is 651 g/mol. The van der Waals surface area contributed by atoms with E-state index in [9.17, 15) is 0 Å². The van der Waals surface area contributed by atoms with Crippen molar-refractivity contribution in [2.24, 2.45) is 11.8 Å². The van der Waals surface area contributed by atoms with Gasteiger partial charge in [-0.05, 0) is 104 Å². The van der Waals surface area contributed by atoms with E-state index in [1.807, 2.05) is 6.08 Å². The zero-order chi connectivity index (χ0) is 36.2. The van der Waals surface area contributed by atoms with Gasteiger partial charge in [0.2, 0.25) is 0 Å². The van der Waals surface area contributed by atoms with Gasteiger partial charge in [0.25, 0.3) is 0 Å². The standard InChI is InChI=1S/C53H41N/c1-3-36-16-13-18-39-29-27-38-28-30-40(34-49(38)51(36)39)41-31-35(2)32-42(33-41)52-45-22-9-11-24-47(45)53(48-25-12-10-23-46(48)52)54(43-19-5-4-6-20-43)50-26-14-17-37-15-7-8-21-44(37)50/h3-24,26-31,33-34,42,48H,1,25,32H2,2H3. The van der Waals surface area contributed by atoms with E-state index < -0.39 is 0 Å². The van der Waals surface area contributed by atoms with E-state index in [1.165, 1.54) is 93.2 Å². The average Bonchev–Trinajstić information content (AvgIpc) is 3.23. The second-order valence-corrected chi connectivity index (χ2v) is 14.9. The molecule has 1 nitrogen and oxygen atoms in total. The average molecular weight is 692 g/mol. The Morgan fingerprint density at radius 3 is 2.30 bits per heavy atom. The van der Waals surface area contributed by atoms with Crippen molar-refractivity contribution in [3.8, 4) is 0 Å². The molecule has 0 amide bonds. The normalized spacial score (nSPS) is 17.8. The minimum Gasteiger partial charge on any atom is -0.312 e. The molecule has 0 spiro atoms. The molecule has 258 valence electrons. The summed E-state index contributed by atoms with van der Waals surface area (Å²) in [5, 5.41) is 10.2. The number of allylic oxidation sites excluding steroid dienone is 7. The van der Waals surface area contributed by atoms with Crippen molar-refractivity contribution in [2.45, 2.75) is 19.8 Å². The van der Waals surface area contributed by atoms with E-state index in [0.29, 0.717) is 0 Å². The number of anilines is 2. The molecule has 10 rings (SSSR count). The van der Waals surface area contributed by atoms with Crippen molar-refractivity contribution in [1.29, 1.82) is 0 Å². The van der Waals surface area contributed by atoms with Gasteiger partial charge < -0.3 is 4.90 Å². The van der Waals surface area contributed by atoms with E-state index in [4.69, 9.17) is 0 Å². The second kappa shape index (κ2) is 13.2. The summed E-state index contributed by atoms with van der Waals surface area (Å²) in [5.74, 6) is 0.439. The Bertz CT molecular complexity index is 2910. The third-order valence-electron chi connectivity index (χ3n) is 11.7. The summed E-state index contributed by atoms with van der Waals surface area (Å²) in [6.07, 6.45) is 16.0. The number of fused-ring (bicyclic) bond motifs is 6. The van der Waals surface area contributed by atoms with Crippen LogP contribution in [0.15, 0.2) is 194 Å². The van der Waals surface area contributed by atoms with Crippen LogP contribution in [0.4, 0.5) is 11.4 Å². The fourth-order valence-corrected chi connectivity index (χ4v) is 9.37. The number of para-hydroxylation sites is 1. The van der Waals surface area contributed by atoms with Crippen LogP contribution in [-0.2, 0) is 0 Å². The van der Waals surface area contributed by atoms with E-state index >= 15 is 0 Å². The largest absolute Gasteiger partial charge is 0.312 e. The molecule has 0 heterocycles. The Morgan fingerprint density at radius 1 is 0.685 bits per heavy atom. The number of hydrogen-bond acceptors (Lipinski definition) is 1. The summed E-state index contributed by atoms with van der Waals surface area (Å²) >= 11 is 0. The summed E-state index contributed by atoms with van der Waals surface area (Å²) in [6, 6.07) is 53.6. The molecule has 7 aromatic carbocycles. The zero-order valence-corrected chi connectivity index (χ0v) is 30.5. The van der Waals surface area contributed by atoms with Gasteiger partial charge in [0.05, 0.1) is 5.69 Å². The molecule has 0 aliphatic heterocycles. The number of nitrogens with zero attached hydrogens (tertiary/aromatic N) is 1. The lowest BCUT2D eigenvalue weighted by atomic mass is 9.71. The Morgan fingerprint density at radius 2 is 1.41 bits per heavy atom. The summed E-state index contributed by atoms with van der Waals surface area (Å²) < 4.78 is 0. The molecule has 3 aliphatic carbocycles. The van der Waals surface area contributed by atoms with Gasteiger partial charge in [-0.1, -0.05) is 170 Å². The van der Waals surface area contributed by atoms with Gasteiger partial charge in [0, 0.05) is 33.8 Å². The van der Waals surface area contributed by atoms with Crippen LogP contribution in [-0.4, -0.2) is 0 Å². The molecule has 0 bridgehead atoms. The van der Waals surface area contributed by atoms with Crippen molar-refractivity contribution < 1.29 is 0 Å². The van der Waals surface area contributed by atoms with E-state index in [-0.39, 0.29) is 11.8 Å². The minimum atomic E-state index is 0.200. The highest BCUT2D eigenvalue weighted by Gasteiger charge is 2.35. The molecular formula is C53H41N. The van der Waals surface area contributed by atoms with Gasteiger partial charge in [-0.15, -0.1) is 0 Å². The molecule has 54 heavy (non-hydrogen) atoms. The van der Waals surface area contributed by atoms with E-state index in [0.717, 1.165) is 12.8 Å². The van der Waals surface area contributed by atoms with Crippen molar-refractivity contribution in [2.75, 3.05) is 4.90 Å². The summed E-state index contributed by atoms with van der Waals surface area (Å²) in [4.78, 5) is 2.56. The van der Waals surface area contributed by atoms with E-state index in [2.05, 4.69) is 194 Å². The predicted molar refractivity (Wildman–Crippen MR) is 232 cm³/mol. The highest BCUT2D eigenvalue weighted by atomic mass is 15.2. The molecule has 1 heteroatoms. The summed E-state index contributed by atoms with van der Waals surface area (Å²) in [5.41, 5.74) is 11.8. The molecule has 0 aromatic heterocycles. The van der Waals surface area contributed by atoms with Crippen LogP contribution in [0.3, 0.4) is 0 Å². The lowest BCUT2D eigenvalue weighted by Gasteiger charge is -2.40.